The van der Waals surface area contributed by atoms with Crippen molar-refractivity contribution in [3.63, 3.8) is 0 Å². The van der Waals surface area contributed by atoms with Crippen molar-refractivity contribution in [2.45, 2.75) is 15.7 Å². The summed E-state index contributed by atoms with van der Waals surface area (Å²) in [5.41, 5.74) is 8.10. The van der Waals surface area contributed by atoms with Crippen molar-refractivity contribution in [3.8, 4) is 6.07 Å². The van der Waals surface area contributed by atoms with Crippen molar-refractivity contribution >= 4 is 29.5 Å². The van der Waals surface area contributed by atoms with Gasteiger partial charge in [-0.15, -0.1) is 0 Å². The van der Waals surface area contributed by atoms with Crippen LogP contribution in [0.2, 0.25) is 0 Å². The summed E-state index contributed by atoms with van der Waals surface area (Å²) in [5.74, 6) is -1.46. The summed E-state index contributed by atoms with van der Waals surface area (Å²) < 4.78 is 5.05. The highest BCUT2D eigenvalue weighted by atomic mass is 32.2. The SMILES string of the molecule is COC(=O)C1CN(C(=O)c2ccccc2Sc2ccccc2C#N)CC1c1cccc(C(=N)N)c1. The number of nitrogens with zero attached hydrogens (tertiary/aromatic N) is 2. The van der Waals surface area contributed by atoms with Crippen LogP contribution in [-0.4, -0.2) is 42.8 Å². The molecule has 0 spiro atoms. The number of likely N-dealkylation sites (tertiary alicyclic amines) is 1. The van der Waals surface area contributed by atoms with E-state index in [9.17, 15) is 14.9 Å². The van der Waals surface area contributed by atoms with Crippen molar-refractivity contribution in [2.75, 3.05) is 20.2 Å². The maximum absolute atomic E-state index is 13.7. The van der Waals surface area contributed by atoms with Gasteiger partial charge in [0.15, 0.2) is 0 Å². The van der Waals surface area contributed by atoms with Gasteiger partial charge in [0.25, 0.3) is 5.91 Å². The molecule has 8 heteroatoms. The van der Waals surface area contributed by atoms with E-state index in [4.69, 9.17) is 15.9 Å². The molecule has 1 amide bonds. The number of carbonyl (C=O) groups is 2. The smallest absolute Gasteiger partial charge is 0.311 e. The minimum absolute atomic E-state index is 0.0593. The molecule has 35 heavy (non-hydrogen) atoms. The van der Waals surface area contributed by atoms with E-state index in [1.165, 1.54) is 18.9 Å². The van der Waals surface area contributed by atoms with Crippen molar-refractivity contribution < 1.29 is 14.3 Å². The third kappa shape index (κ3) is 5.05. The second kappa shape index (κ2) is 10.5. The molecule has 1 fully saturated rings. The molecule has 0 bridgehead atoms. The highest BCUT2D eigenvalue weighted by molar-refractivity contribution is 7.99. The summed E-state index contributed by atoms with van der Waals surface area (Å²) >= 11 is 1.37. The van der Waals surface area contributed by atoms with Gasteiger partial charge in [0.1, 0.15) is 11.9 Å². The van der Waals surface area contributed by atoms with Gasteiger partial charge in [-0.1, -0.05) is 54.2 Å². The molecule has 0 aliphatic carbocycles. The molecule has 3 N–H and O–H groups in total. The van der Waals surface area contributed by atoms with Crippen molar-refractivity contribution in [1.82, 2.24) is 4.90 Å². The number of hydrogen-bond acceptors (Lipinski definition) is 6. The van der Waals surface area contributed by atoms with E-state index >= 15 is 0 Å². The Hall–Kier alpha value is -4.09. The number of ether oxygens (including phenoxy) is 1. The van der Waals surface area contributed by atoms with Gasteiger partial charge in [-0.2, -0.15) is 5.26 Å². The van der Waals surface area contributed by atoms with Crippen LogP contribution in [0, 0.1) is 22.7 Å². The Morgan fingerprint density at radius 2 is 1.77 bits per heavy atom. The lowest BCUT2D eigenvalue weighted by atomic mass is 9.88. The third-order valence-corrected chi connectivity index (χ3v) is 7.23. The Bertz CT molecular complexity index is 1330. The lowest BCUT2D eigenvalue weighted by Gasteiger charge is -2.19. The maximum Gasteiger partial charge on any atom is 0.311 e. The number of nitrogens with one attached hydrogen (secondary N) is 1. The molecule has 1 saturated heterocycles. The van der Waals surface area contributed by atoms with Gasteiger partial charge >= 0.3 is 5.97 Å². The van der Waals surface area contributed by atoms with Crippen LogP contribution in [0.3, 0.4) is 0 Å². The summed E-state index contributed by atoms with van der Waals surface area (Å²) in [6.45, 7) is 0.544. The molecule has 0 saturated carbocycles. The number of esters is 1. The normalized spacial score (nSPS) is 17.0. The van der Waals surface area contributed by atoms with E-state index in [2.05, 4.69) is 6.07 Å². The highest BCUT2D eigenvalue weighted by Crippen LogP contribution is 2.37. The summed E-state index contributed by atoms with van der Waals surface area (Å²) in [6.07, 6.45) is 0. The van der Waals surface area contributed by atoms with E-state index in [1.807, 2.05) is 30.3 Å². The average molecular weight is 485 g/mol. The van der Waals surface area contributed by atoms with Gasteiger partial charge < -0.3 is 15.4 Å². The summed E-state index contributed by atoms with van der Waals surface area (Å²) in [4.78, 5) is 29.5. The first-order valence-electron chi connectivity index (χ1n) is 11.0. The van der Waals surface area contributed by atoms with Crippen LogP contribution in [-0.2, 0) is 9.53 Å². The Balaban J connectivity index is 1.64. The van der Waals surface area contributed by atoms with Crippen LogP contribution in [0.4, 0.5) is 0 Å². The van der Waals surface area contributed by atoms with Gasteiger partial charge in [-0.05, 0) is 35.9 Å². The van der Waals surface area contributed by atoms with Crippen molar-refractivity contribution in [1.29, 1.82) is 10.7 Å². The number of amidine groups is 1. The van der Waals surface area contributed by atoms with E-state index in [-0.39, 0.29) is 30.2 Å². The van der Waals surface area contributed by atoms with Crippen LogP contribution in [0.5, 0.6) is 0 Å². The quantitative estimate of drug-likeness (QED) is 0.310. The number of amides is 1. The fourth-order valence-corrected chi connectivity index (χ4v) is 5.32. The van der Waals surface area contributed by atoms with Gasteiger partial charge in [-0.3, -0.25) is 15.0 Å². The van der Waals surface area contributed by atoms with Gasteiger partial charge in [0.05, 0.1) is 24.2 Å². The summed E-state index contributed by atoms with van der Waals surface area (Å²) in [6, 6.07) is 23.9. The van der Waals surface area contributed by atoms with Crippen LogP contribution in [0.25, 0.3) is 0 Å². The molecule has 4 rings (SSSR count). The molecule has 2 atom stereocenters. The van der Waals surface area contributed by atoms with Gasteiger partial charge in [0.2, 0.25) is 0 Å². The fourth-order valence-electron chi connectivity index (χ4n) is 4.30. The van der Waals surface area contributed by atoms with E-state index < -0.39 is 5.92 Å². The standard InChI is InChI=1S/C27H24N4O3S/c1-34-27(33)22-16-31(15-21(22)17-8-6-9-18(13-17)25(29)30)26(32)20-10-3-5-12-24(20)35-23-11-4-2-7-19(23)14-28/h2-13,21-22H,15-16H2,1H3,(H3,29,30). The van der Waals surface area contributed by atoms with Crippen LogP contribution >= 0.6 is 11.8 Å². The Kier molecular flexibility index (Phi) is 7.18. The maximum atomic E-state index is 13.7. The zero-order valence-electron chi connectivity index (χ0n) is 19.1. The van der Waals surface area contributed by atoms with Crippen LogP contribution in [0.15, 0.2) is 82.6 Å². The van der Waals surface area contributed by atoms with Crippen molar-refractivity contribution in [3.05, 3.63) is 95.1 Å². The molecule has 3 aromatic carbocycles. The van der Waals surface area contributed by atoms with E-state index in [1.54, 1.807) is 47.4 Å². The minimum atomic E-state index is -0.537. The van der Waals surface area contributed by atoms with Crippen LogP contribution < -0.4 is 5.73 Å². The number of carbonyl (C=O) groups excluding carboxylic acids is 2. The highest BCUT2D eigenvalue weighted by Gasteiger charge is 2.41. The number of nitriles is 1. The van der Waals surface area contributed by atoms with E-state index in [0.29, 0.717) is 23.2 Å². The van der Waals surface area contributed by atoms with E-state index in [0.717, 1.165) is 15.4 Å². The number of benzene rings is 3. The Labute approximate surface area is 208 Å². The molecule has 1 heterocycles. The fraction of sp³-hybridized carbons (Fsp3) is 0.185. The number of hydrogen-bond donors (Lipinski definition) is 2. The summed E-state index contributed by atoms with van der Waals surface area (Å²) in [7, 11) is 1.34. The Morgan fingerprint density at radius 1 is 1.06 bits per heavy atom. The number of rotatable bonds is 6. The molecule has 2 unspecified atom stereocenters. The molecule has 3 aromatic rings. The van der Waals surface area contributed by atoms with Gasteiger partial charge in [0, 0.05) is 34.4 Å². The third-order valence-electron chi connectivity index (χ3n) is 6.08. The molecular formula is C27H24N4O3S. The molecule has 0 aromatic heterocycles. The summed E-state index contributed by atoms with van der Waals surface area (Å²) in [5, 5.41) is 17.2. The molecule has 1 aliphatic heterocycles. The lowest BCUT2D eigenvalue weighted by molar-refractivity contribution is -0.145. The first kappa shape index (κ1) is 24.0. The topological polar surface area (TPSA) is 120 Å². The predicted octanol–water partition coefficient (Wildman–Crippen LogP) is 4.02. The Morgan fingerprint density at radius 3 is 2.49 bits per heavy atom. The zero-order valence-corrected chi connectivity index (χ0v) is 19.9. The largest absolute Gasteiger partial charge is 0.469 e. The average Bonchev–Trinajstić information content (AvgIpc) is 3.34. The predicted molar refractivity (Wildman–Crippen MR) is 133 cm³/mol. The number of nitrogen functional groups attached to an aromatic ring is 1. The molecule has 1 aliphatic rings. The molecular weight excluding hydrogens is 460 g/mol. The van der Waals surface area contributed by atoms with Gasteiger partial charge in [-0.25, -0.2) is 0 Å². The molecule has 0 radical (unpaired) electrons. The molecule has 176 valence electrons. The number of methoxy groups -OCH3 is 1. The monoisotopic (exact) mass is 484 g/mol. The second-order valence-electron chi connectivity index (χ2n) is 8.19. The minimum Gasteiger partial charge on any atom is -0.469 e. The molecule has 7 nitrogen and oxygen atoms in total. The zero-order chi connectivity index (χ0) is 24.9. The van der Waals surface area contributed by atoms with Crippen molar-refractivity contribution in [2.24, 2.45) is 11.7 Å². The second-order valence-corrected chi connectivity index (χ2v) is 9.28. The number of nitrogens with two attached hydrogens (primary N) is 1. The first-order valence-corrected chi connectivity index (χ1v) is 11.8. The van der Waals surface area contributed by atoms with Crippen LogP contribution in [0.1, 0.15) is 33.0 Å². The lowest BCUT2D eigenvalue weighted by Crippen LogP contribution is -2.30. The first-order chi connectivity index (χ1) is 16.9.